The first-order valence-corrected chi connectivity index (χ1v) is 7.12. The molecule has 0 N–H and O–H groups in total. The highest BCUT2D eigenvalue weighted by Crippen LogP contribution is 2.18. The van der Waals surface area contributed by atoms with Crippen LogP contribution in [-0.2, 0) is 0 Å². The largest absolute Gasteiger partial charge is 0.293 e. The number of rotatable bonds is 4. The van der Waals surface area contributed by atoms with E-state index < -0.39 is 17.4 Å². The summed E-state index contributed by atoms with van der Waals surface area (Å²) in [6.45, 7) is 1.30. The van der Waals surface area contributed by atoms with Crippen LogP contribution >= 0.6 is 0 Å². The van der Waals surface area contributed by atoms with E-state index in [1.165, 1.54) is 66.3 Å². The molecule has 0 amide bonds. The molecule has 0 spiro atoms. The second kappa shape index (κ2) is 6.16. The predicted molar refractivity (Wildman–Crippen MR) is 83.4 cm³/mol. The highest BCUT2D eigenvalue weighted by molar-refractivity contribution is 6.14. The molecule has 3 aromatic rings. The number of nitrogens with zero attached hydrogens (tertiary/aromatic N) is 2. The van der Waals surface area contributed by atoms with Crippen molar-refractivity contribution >= 4 is 11.6 Å². The van der Waals surface area contributed by atoms with Gasteiger partial charge in [0.2, 0.25) is 0 Å². The van der Waals surface area contributed by atoms with Crippen molar-refractivity contribution in [3.63, 3.8) is 0 Å². The van der Waals surface area contributed by atoms with Crippen molar-refractivity contribution in [1.29, 1.82) is 0 Å². The second-order valence-corrected chi connectivity index (χ2v) is 5.20. The van der Waals surface area contributed by atoms with Crippen LogP contribution in [0, 0.1) is 11.6 Å². The van der Waals surface area contributed by atoms with Crippen LogP contribution in [-0.4, -0.2) is 21.3 Å². The number of benzene rings is 2. The van der Waals surface area contributed by atoms with Gasteiger partial charge in [-0.25, -0.2) is 13.5 Å². The van der Waals surface area contributed by atoms with Crippen molar-refractivity contribution in [2.24, 2.45) is 0 Å². The zero-order chi connectivity index (χ0) is 17.3. The van der Waals surface area contributed by atoms with Crippen LogP contribution in [0.3, 0.4) is 0 Å². The Morgan fingerprint density at radius 2 is 1.46 bits per heavy atom. The van der Waals surface area contributed by atoms with Crippen molar-refractivity contribution in [3.05, 3.63) is 83.2 Å². The summed E-state index contributed by atoms with van der Waals surface area (Å²) in [5.41, 5.74) is 0.877. The molecule has 0 radical (unpaired) electrons. The van der Waals surface area contributed by atoms with E-state index in [1.807, 2.05) is 0 Å². The van der Waals surface area contributed by atoms with Gasteiger partial charge in [0.1, 0.15) is 17.3 Å². The van der Waals surface area contributed by atoms with E-state index in [-0.39, 0.29) is 22.6 Å². The molecule has 0 fully saturated rings. The topological polar surface area (TPSA) is 52.0 Å². The normalized spacial score (nSPS) is 10.6. The van der Waals surface area contributed by atoms with Gasteiger partial charge in [0.25, 0.3) is 0 Å². The van der Waals surface area contributed by atoms with Gasteiger partial charge in [-0.3, -0.25) is 9.59 Å². The molecular weight excluding hydrogens is 314 g/mol. The average Bonchev–Trinajstić information content (AvgIpc) is 3.01. The summed E-state index contributed by atoms with van der Waals surface area (Å²) < 4.78 is 27.4. The average molecular weight is 326 g/mol. The Bertz CT molecular complexity index is 913. The van der Waals surface area contributed by atoms with Gasteiger partial charge in [-0.2, -0.15) is 5.10 Å². The first-order valence-electron chi connectivity index (χ1n) is 7.12. The molecule has 3 rings (SSSR count). The number of carbonyl (C=O) groups is 2. The summed E-state index contributed by atoms with van der Waals surface area (Å²) in [6.07, 6.45) is 1.41. The number of carbonyl (C=O) groups excluding carboxylic acids is 2. The number of hydrogen-bond acceptors (Lipinski definition) is 3. The third-order valence-electron chi connectivity index (χ3n) is 3.49. The maximum Gasteiger partial charge on any atom is 0.196 e. The maximum absolute atomic E-state index is 13.0. The Kier molecular flexibility index (Phi) is 4.04. The summed E-state index contributed by atoms with van der Waals surface area (Å²) in [6, 6.07) is 10.5. The van der Waals surface area contributed by atoms with Gasteiger partial charge in [-0.15, -0.1) is 0 Å². The minimum Gasteiger partial charge on any atom is -0.293 e. The Labute approximate surface area is 136 Å². The molecule has 0 atom stereocenters. The number of Topliss-reactive ketones (excluding diaryl/α,β-unsaturated/α-hetero) is 1. The number of hydrogen-bond donors (Lipinski definition) is 0. The molecule has 4 nitrogen and oxygen atoms in total. The van der Waals surface area contributed by atoms with Gasteiger partial charge in [0.15, 0.2) is 11.6 Å². The molecule has 0 aliphatic heterocycles. The van der Waals surface area contributed by atoms with Crippen LogP contribution < -0.4 is 0 Å². The lowest BCUT2D eigenvalue weighted by Gasteiger charge is -2.00. The monoisotopic (exact) mass is 326 g/mol. The van der Waals surface area contributed by atoms with Crippen molar-refractivity contribution in [2.75, 3.05) is 0 Å². The Morgan fingerprint density at radius 3 is 2.00 bits per heavy atom. The van der Waals surface area contributed by atoms with Crippen LogP contribution in [0.1, 0.15) is 33.3 Å². The van der Waals surface area contributed by atoms with E-state index in [0.29, 0.717) is 5.69 Å². The fraction of sp³-hybridized carbons (Fsp3) is 0.0556. The van der Waals surface area contributed by atoms with Crippen molar-refractivity contribution < 1.29 is 18.4 Å². The van der Waals surface area contributed by atoms with Crippen LogP contribution in [0.5, 0.6) is 0 Å². The lowest BCUT2D eigenvalue weighted by molar-refractivity contribution is 0.0987. The quantitative estimate of drug-likeness (QED) is 0.689. The van der Waals surface area contributed by atoms with Crippen LogP contribution in [0.15, 0.2) is 54.7 Å². The molecule has 1 heterocycles. The number of aromatic nitrogens is 2. The maximum atomic E-state index is 13.0. The summed E-state index contributed by atoms with van der Waals surface area (Å²) in [5, 5.41) is 4.12. The van der Waals surface area contributed by atoms with Gasteiger partial charge in [-0.1, -0.05) is 0 Å². The van der Waals surface area contributed by atoms with E-state index in [9.17, 15) is 18.4 Å². The Morgan fingerprint density at radius 1 is 0.917 bits per heavy atom. The smallest absolute Gasteiger partial charge is 0.196 e. The molecule has 0 unspecified atom stereocenters. The first-order chi connectivity index (χ1) is 11.5. The van der Waals surface area contributed by atoms with E-state index in [4.69, 9.17) is 0 Å². The number of ketones is 2. The molecule has 0 saturated heterocycles. The predicted octanol–water partition coefficient (Wildman–Crippen LogP) is 3.58. The van der Waals surface area contributed by atoms with Crippen molar-refractivity contribution in [2.45, 2.75) is 6.92 Å². The molecule has 24 heavy (non-hydrogen) atoms. The molecule has 0 aliphatic rings. The summed E-state index contributed by atoms with van der Waals surface area (Å²) in [5.74, 6) is -1.67. The van der Waals surface area contributed by atoms with E-state index in [1.54, 1.807) is 0 Å². The highest BCUT2D eigenvalue weighted by atomic mass is 19.1. The third kappa shape index (κ3) is 2.99. The third-order valence-corrected chi connectivity index (χ3v) is 3.49. The van der Waals surface area contributed by atoms with E-state index in [0.717, 1.165) is 0 Å². The summed E-state index contributed by atoms with van der Waals surface area (Å²) in [7, 11) is 0. The summed E-state index contributed by atoms with van der Waals surface area (Å²) in [4.78, 5) is 24.4. The van der Waals surface area contributed by atoms with Gasteiger partial charge in [-0.05, 0) is 48.5 Å². The minimum absolute atomic E-state index is 0.00801. The molecule has 0 saturated carbocycles. The van der Waals surface area contributed by atoms with Crippen molar-refractivity contribution in [3.8, 4) is 5.69 Å². The Hall–Kier alpha value is -3.15. The van der Waals surface area contributed by atoms with Gasteiger partial charge in [0, 0.05) is 18.7 Å². The van der Waals surface area contributed by atoms with Crippen LogP contribution in [0.2, 0.25) is 0 Å². The van der Waals surface area contributed by atoms with Crippen molar-refractivity contribution in [1.82, 2.24) is 9.78 Å². The molecule has 120 valence electrons. The van der Waals surface area contributed by atoms with Gasteiger partial charge >= 0.3 is 0 Å². The van der Waals surface area contributed by atoms with E-state index >= 15 is 0 Å². The lowest BCUT2D eigenvalue weighted by Crippen LogP contribution is -2.06. The van der Waals surface area contributed by atoms with E-state index in [2.05, 4.69) is 5.10 Å². The van der Waals surface area contributed by atoms with Crippen LogP contribution in [0.25, 0.3) is 5.69 Å². The second-order valence-electron chi connectivity index (χ2n) is 5.20. The molecule has 6 heteroatoms. The zero-order valence-corrected chi connectivity index (χ0v) is 12.7. The molecule has 2 aromatic carbocycles. The Balaban J connectivity index is 2.06. The SMILES string of the molecule is CC(=O)c1nn(-c2ccc(F)cc2)cc1C(=O)c1ccc(F)cc1. The highest BCUT2D eigenvalue weighted by Gasteiger charge is 2.21. The van der Waals surface area contributed by atoms with Gasteiger partial charge < -0.3 is 0 Å². The molecule has 1 aromatic heterocycles. The minimum atomic E-state index is -0.458. The molecular formula is C18H12F2N2O2. The zero-order valence-electron chi connectivity index (χ0n) is 12.7. The fourth-order valence-corrected chi connectivity index (χ4v) is 2.28. The summed E-state index contributed by atoms with van der Waals surface area (Å²) >= 11 is 0. The standard InChI is InChI=1S/C18H12F2N2O2/c1-11(23)17-16(18(24)12-2-4-13(19)5-3-12)10-22(21-17)15-8-6-14(20)7-9-15/h2-10H,1H3. The first kappa shape index (κ1) is 15.7. The number of halogens is 2. The lowest BCUT2D eigenvalue weighted by atomic mass is 10.0. The molecule has 0 bridgehead atoms. The van der Waals surface area contributed by atoms with Crippen LogP contribution in [0.4, 0.5) is 8.78 Å². The fourth-order valence-electron chi connectivity index (χ4n) is 2.28. The molecule has 0 aliphatic carbocycles. The van der Waals surface area contributed by atoms with Gasteiger partial charge in [0.05, 0.1) is 11.3 Å².